The minimum atomic E-state index is -4.35. The fourth-order valence-electron chi connectivity index (χ4n) is 1.77. The van der Waals surface area contributed by atoms with Crippen molar-refractivity contribution in [1.82, 2.24) is 4.98 Å². The molecule has 0 aliphatic carbocycles. The van der Waals surface area contributed by atoms with Crippen molar-refractivity contribution in [2.75, 3.05) is 11.9 Å². The largest absolute Gasteiger partial charge is 0.411 e. The highest BCUT2D eigenvalue weighted by atomic mass is 19.4. The maximum Gasteiger partial charge on any atom is 0.411 e. The van der Waals surface area contributed by atoms with Gasteiger partial charge in [0, 0.05) is 11.8 Å². The lowest BCUT2D eigenvalue weighted by molar-refractivity contribution is -0.176. The molecule has 0 saturated carbocycles. The highest BCUT2D eigenvalue weighted by Gasteiger charge is 2.27. The predicted molar refractivity (Wildman–Crippen MR) is 79.1 cm³/mol. The molecule has 0 atom stereocenters. The van der Waals surface area contributed by atoms with E-state index in [0.29, 0.717) is 16.9 Å². The summed E-state index contributed by atoms with van der Waals surface area (Å²) in [5, 5.41) is 2.64. The molecule has 0 saturated heterocycles. The average Bonchev–Trinajstić information content (AvgIpc) is 2.49. The molecular weight excluding hydrogens is 309 g/mol. The second-order valence-corrected chi connectivity index (χ2v) is 4.98. The molecule has 0 bridgehead atoms. The Balaban J connectivity index is 1.91. The van der Waals surface area contributed by atoms with E-state index in [2.05, 4.69) is 15.0 Å². The third-order valence-corrected chi connectivity index (χ3v) is 2.90. The van der Waals surface area contributed by atoms with E-state index in [1.807, 2.05) is 13.0 Å². The Hall–Kier alpha value is -2.41. The van der Waals surface area contributed by atoms with E-state index in [9.17, 15) is 18.0 Å². The minimum absolute atomic E-state index is 0.166. The van der Waals surface area contributed by atoms with Crippen LogP contribution in [-0.2, 0) is 11.3 Å². The molecule has 0 spiro atoms. The molecule has 122 valence electrons. The Morgan fingerprint density at radius 3 is 2.43 bits per heavy atom. The van der Waals surface area contributed by atoms with Crippen LogP contribution >= 0.6 is 0 Å². The Bertz CT molecular complexity index is 653. The first kappa shape index (κ1) is 17.0. The first-order valence-corrected chi connectivity index (χ1v) is 6.81. The number of nitrogens with zero attached hydrogens (tertiary/aromatic N) is 1. The maximum absolute atomic E-state index is 12.0. The van der Waals surface area contributed by atoms with Crippen LogP contribution in [0.5, 0.6) is 0 Å². The fourth-order valence-corrected chi connectivity index (χ4v) is 1.77. The average molecular weight is 324 g/mol. The zero-order valence-corrected chi connectivity index (χ0v) is 12.4. The second kappa shape index (κ2) is 7.23. The van der Waals surface area contributed by atoms with Crippen LogP contribution in [-0.4, -0.2) is 23.7 Å². The van der Waals surface area contributed by atoms with Crippen molar-refractivity contribution in [3.05, 3.63) is 59.3 Å². The molecule has 0 aliphatic rings. The van der Waals surface area contributed by atoms with Gasteiger partial charge in [0.2, 0.25) is 0 Å². The standard InChI is InChI=1S/C16H15F3N2O2/c1-11-2-7-14(20-8-11)21-15(22)13-5-3-12(4-6-13)9-23-10-16(17,18)19/h2-8H,9-10H2,1H3,(H,20,21,22). The summed E-state index contributed by atoms with van der Waals surface area (Å²) in [5.41, 5.74) is 1.91. The lowest BCUT2D eigenvalue weighted by Gasteiger charge is -2.08. The Kier molecular flexibility index (Phi) is 5.33. The third kappa shape index (κ3) is 5.71. The highest BCUT2D eigenvalue weighted by Crippen LogP contribution is 2.16. The van der Waals surface area contributed by atoms with Crippen molar-refractivity contribution in [1.29, 1.82) is 0 Å². The first-order chi connectivity index (χ1) is 10.8. The minimum Gasteiger partial charge on any atom is -0.367 e. The molecule has 4 nitrogen and oxygen atoms in total. The van der Waals surface area contributed by atoms with Gasteiger partial charge in [-0.15, -0.1) is 0 Å². The van der Waals surface area contributed by atoms with E-state index in [1.54, 1.807) is 24.4 Å². The summed E-state index contributed by atoms with van der Waals surface area (Å²) in [5.74, 6) is 0.0855. The summed E-state index contributed by atoms with van der Waals surface area (Å²) in [7, 11) is 0. The van der Waals surface area contributed by atoms with Crippen LogP contribution in [0.2, 0.25) is 0 Å². The molecule has 2 aromatic rings. The molecule has 7 heteroatoms. The monoisotopic (exact) mass is 324 g/mol. The molecule has 23 heavy (non-hydrogen) atoms. The highest BCUT2D eigenvalue weighted by molar-refractivity contribution is 6.03. The van der Waals surface area contributed by atoms with E-state index in [1.165, 1.54) is 12.1 Å². The van der Waals surface area contributed by atoms with Crippen molar-refractivity contribution < 1.29 is 22.7 Å². The number of ether oxygens (including phenoxy) is 1. The number of nitrogens with one attached hydrogen (secondary N) is 1. The van der Waals surface area contributed by atoms with Crippen molar-refractivity contribution in [3.63, 3.8) is 0 Å². The number of hydrogen-bond acceptors (Lipinski definition) is 3. The van der Waals surface area contributed by atoms with E-state index < -0.39 is 12.8 Å². The Morgan fingerprint density at radius 2 is 1.87 bits per heavy atom. The number of pyridine rings is 1. The van der Waals surface area contributed by atoms with Crippen LogP contribution < -0.4 is 5.32 Å². The summed E-state index contributed by atoms with van der Waals surface area (Å²) in [4.78, 5) is 16.1. The molecule has 1 N–H and O–H groups in total. The zero-order valence-electron chi connectivity index (χ0n) is 12.4. The fraction of sp³-hybridized carbons (Fsp3) is 0.250. The molecule has 1 heterocycles. The molecule has 1 aromatic carbocycles. The SMILES string of the molecule is Cc1ccc(NC(=O)c2ccc(COCC(F)(F)F)cc2)nc1. The van der Waals surface area contributed by atoms with Crippen molar-refractivity contribution in [2.24, 2.45) is 0 Å². The van der Waals surface area contributed by atoms with Crippen LogP contribution in [0, 0.1) is 6.92 Å². The number of carbonyl (C=O) groups is 1. The zero-order chi connectivity index (χ0) is 16.9. The third-order valence-electron chi connectivity index (χ3n) is 2.90. The van der Waals surface area contributed by atoms with Gasteiger partial charge in [-0.25, -0.2) is 4.98 Å². The number of aryl methyl sites for hydroxylation is 1. The van der Waals surface area contributed by atoms with Crippen LogP contribution in [0.15, 0.2) is 42.6 Å². The van der Waals surface area contributed by atoms with E-state index >= 15 is 0 Å². The number of aromatic nitrogens is 1. The van der Waals surface area contributed by atoms with Gasteiger partial charge < -0.3 is 10.1 Å². The molecule has 0 fully saturated rings. The van der Waals surface area contributed by atoms with Gasteiger partial charge in [0.15, 0.2) is 0 Å². The van der Waals surface area contributed by atoms with E-state index in [0.717, 1.165) is 5.56 Å². The van der Waals surface area contributed by atoms with Gasteiger partial charge in [0.05, 0.1) is 6.61 Å². The number of rotatable bonds is 5. The number of alkyl halides is 3. The molecule has 0 unspecified atom stereocenters. The molecule has 1 amide bonds. The van der Waals surface area contributed by atoms with Crippen molar-refractivity contribution in [2.45, 2.75) is 19.7 Å². The van der Waals surface area contributed by atoms with Gasteiger partial charge in [0.25, 0.3) is 5.91 Å². The van der Waals surface area contributed by atoms with Crippen molar-refractivity contribution in [3.8, 4) is 0 Å². The smallest absolute Gasteiger partial charge is 0.367 e. The van der Waals surface area contributed by atoms with E-state index in [-0.39, 0.29) is 12.5 Å². The van der Waals surface area contributed by atoms with Gasteiger partial charge >= 0.3 is 6.18 Å². The number of anilines is 1. The van der Waals surface area contributed by atoms with Gasteiger partial charge in [-0.1, -0.05) is 18.2 Å². The topological polar surface area (TPSA) is 51.2 Å². The summed E-state index contributed by atoms with van der Waals surface area (Å²) in [6, 6.07) is 9.66. The van der Waals surface area contributed by atoms with Crippen molar-refractivity contribution >= 4 is 11.7 Å². The predicted octanol–water partition coefficient (Wildman–Crippen LogP) is 3.72. The number of amides is 1. The Labute approximate surface area is 131 Å². The molecule has 2 rings (SSSR count). The second-order valence-electron chi connectivity index (χ2n) is 4.98. The normalized spacial score (nSPS) is 11.3. The maximum atomic E-state index is 12.0. The van der Waals surface area contributed by atoms with Gasteiger partial charge in [0.1, 0.15) is 12.4 Å². The summed E-state index contributed by atoms with van der Waals surface area (Å²) in [6.45, 7) is 0.424. The van der Waals surface area contributed by atoms with Gasteiger partial charge in [-0.3, -0.25) is 4.79 Å². The van der Waals surface area contributed by atoms with Gasteiger partial charge in [-0.05, 0) is 36.2 Å². The number of hydrogen-bond donors (Lipinski definition) is 1. The quantitative estimate of drug-likeness (QED) is 0.912. The summed E-state index contributed by atoms with van der Waals surface area (Å²) < 4.78 is 40.5. The first-order valence-electron chi connectivity index (χ1n) is 6.81. The Morgan fingerprint density at radius 1 is 1.17 bits per heavy atom. The number of halogens is 3. The molecule has 0 aliphatic heterocycles. The summed E-state index contributed by atoms with van der Waals surface area (Å²) >= 11 is 0. The molecule has 1 aromatic heterocycles. The van der Waals surface area contributed by atoms with Crippen LogP contribution in [0.3, 0.4) is 0 Å². The molecular formula is C16H15F3N2O2. The number of carbonyl (C=O) groups excluding carboxylic acids is 1. The van der Waals surface area contributed by atoms with Crippen LogP contribution in [0.1, 0.15) is 21.5 Å². The lowest BCUT2D eigenvalue weighted by Crippen LogP contribution is -2.16. The van der Waals surface area contributed by atoms with Crippen LogP contribution in [0.25, 0.3) is 0 Å². The van der Waals surface area contributed by atoms with Crippen LogP contribution in [0.4, 0.5) is 19.0 Å². The summed E-state index contributed by atoms with van der Waals surface area (Å²) in [6.07, 6.45) is -2.71. The number of benzene rings is 1. The van der Waals surface area contributed by atoms with E-state index in [4.69, 9.17) is 0 Å². The van der Waals surface area contributed by atoms with Gasteiger partial charge in [-0.2, -0.15) is 13.2 Å². The lowest BCUT2D eigenvalue weighted by atomic mass is 10.1. The molecule has 0 radical (unpaired) electrons.